The van der Waals surface area contributed by atoms with Gasteiger partial charge in [-0.25, -0.2) is 4.98 Å². The van der Waals surface area contributed by atoms with E-state index in [1.54, 1.807) is 0 Å². The Morgan fingerprint density at radius 3 is 2.00 bits per heavy atom. The van der Waals surface area contributed by atoms with Crippen LogP contribution in [0.2, 0.25) is 0 Å². The quantitative estimate of drug-likeness (QED) is 0.639. The summed E-state index contributed by atoms with van der Waals surface area (Å²) in [6.07, 6.45) is 1.87. The highest BCUT2D eigenvalue weighted by molar-refractivity contribution is 5.30. The topological polar surface area (TPSA) is 21.1 Å². The summed E-state index contributed by atoms with van der Waals surface area (Å²) in [5.74, 6) is 0.998. The van der Waals surface area contributed by atoms with Crippen molar-refractivity contribution in [3.05, 3.63) is 11.9 Å². The van der Waals surface area contributed by atoms with Crippen molar-refractivity contribution in [2.75, 3.05) is 19.0 Å². The highest BCUT2D eigenvalue weighted by Crippen LogP contribution is 2.08. The van der Waals surface area contributed by atoms with E-state index < -0.39 is 0 Å². The normalized spacial score (nSPS) is 8.83. The first-order valence-electron chi connectivity index (χ1n) is 4.28. The van der Waals surface area contributed by atoms with Crippen LogP contribution in [0.1, 0.15) is 19.5 Å². The van der Waals surface area contributed by atoms with Gasteiger partial charge in [-0.15, -0.1) is 0 Å². The van der Waals surface area contributed by atoms with Crippen molar-refractivity contribution in [2.45, 2.75) is 20.8 Å². The lowest BCUT2D eigenvalue weighted by Gasteiger charge is -2.11. The van der Waals surface area contributed by atoms with Crippen molar-refractivity contribution < 1.29 is 0 Å². The monoisotopic (exact) mass is 169 g/mol. The van der Waals surface area contributed by atoms with Gasteiger partial charge in [0.25, 0.3) is 0 Å². The van der Waals surface area contributed by atoms with Crippen LogP contribution < -0.4 is 4.90 Å². The van der Waals surface area contributed by atoms with Crippen LogP contribution in [-0.4, -0.2) is 23.6 Å². The lowest BCUT2D eigenvalue weighted by Crippen LogP contribution is -2.14. The molecular weight excluding hydrogens is 150 g/mol. The minimum absolute atomic E-state index is 0.998. The zero-order chi connectivity index (χ0) is 9.72. The van der Waals surface area contributed by atoms with Crippen molar-refractivity contribution in [1.82, 2.24) is 9.55 Å². The number of imidazole rings is 1. The van der Waals surface area contributed by atoms with E-state index >= 15 is 0 Å². The molecule has 12 heavy (non-hydrogen) atoms. The van der Waals surface area contributed by atoms with Crippen molar-refractivity contribution in [1.29, 1.82) is 0 Å². The van der Waals surface area contributed by atoms with Crippen LogP contribution in [0.15, 0.2) is 6.20 Å². The minimum atomic E-state index is 0.998. The lowest BCUT2D eigenvalue weighted by molar-refractivity contribution is 0.839. The van der Waals surface area contributed by atoms with E-state index in [2.05, 4.69) is 9.55 Å². The van der Waals surface area contributed by atoms with Gasteiger partial charge in [-0.1, -0.05) is 13.8 Å². The summed E-state index contributed by atoms with van der Waals surface area (Å²) < 4.78 is 2.06. The third-order valence-corrected chi connectivity index (χ3v) is 1.60. The summed E-state index contributed by atoms with van der Waals surface area (Å²) in [7, 11) is 5.99. The predicted molar refractivity (Wildman–Crippen MR) is 53.6 cm³/mol. The third kappa shape index (κ3) is 2.26. The first kappa shape index (κ1) is 11.0. The average Bonchev–Trinajstić information content (AvgIpc) is 2.37. The largest absolute Gasteiger partial charge is 0.348 e. The smallest absolute Gasteiger partial charge is 0.204 e. The highest BCUT2D eigenvalue weighted by atomic mass is 15.3. The van der Waals surface area contributed by atoms with Crippen molar-refractivity contribution >= 4 is 5.95 Å². The first-order chi connectivity index (χ1) is 5.63. The van der Waals surface area contributed by atoms with Crippen LogP contribution in [0.4, 0.5) is 5.95 Å². The molecule has 0 fully saturated rings. The molecule has 0 radical (unpaired) electrons. The van der Waals surface area contributed by atoms with Gasteiger partial charge in [-0.2, -0.15) is 0 Å². The van der Waals surface area contributed by atoms with E-state index in [0.29, 0.717) is 0 Å². The van der Waals surface area contributed by atoms with Crippen molar-refractivity contribution in [2.24, 2.45) is 7.05 Å². The Morgan fingerprint density at radius 2 is 1.83 bits per heavy atom. The standard InChI is InChI=1S/C7H13N3.C2H6/c1-6-5-8-7(9(2)3)10(6)4;1-2/h5H,1-4H3;1-2H3. The number of nitrogens with zero attached hydrogens (tertiary/aromatic N) is 3. The number of aromatic nitrogens is 2. The van der Waals surface area contributed by atoms with Gasteiger partial charge in [0.2, 0.25) is 5.95 Å². The zero-order valence-corrected chi connectivity index (χ0v) is 8.92. The van der Waals surface area contributed by atoms with Crippen LogP contribution in [-0.2, 0) is 7.05 Å². The van der Waals surface area contributed by atoms with E-state index in [-0.39, 0.29) is 0 Å². The van der Waals surface area contributed by atoms with Gasteiger partial charge >= 0.3 is 0 Å². The highest BCUT2D eigenvalue weighted by Gasteiger charge is 2.02. The Labute approximate surface area is 75.0 Å². The molecule has 1 aromatic rings. The zero-order valence-electron chi connectivity index (χ0n) is 8.92. The maximum atomic E-state index is 4.20. The molecule has 0 saturated carbocycles. The van der Waals surface area contributed by atoms with Crippen molar-refractivity contribution in [3.8, 4) is 0 Å². The Balaban J connectivity index is 0.000000561. The summed E-state index contributed by atoms with van der Waals surface area (Å²) in [6, 6.07) is 0. The molecule has 0 bridgehead atoms. The molecule has 0 amide bonds. The average molecular weight is 169 g/mol. The molecule has 0 aromatic carbocycles. The molecule has 0 N–H and O–H groups in total. The second kappa shape index (κ2) is 4.80. The predicted octanol–water partition coefficient (Wildman–Crippen LogP) is 1.82. The van der Waals surface area contributed by atoms with E-state index in [0.717, 1.165) is 5.95 Å². The van der Waals surface area contributed by atoms with Crippen LogP contribution in [0, 0.1) is 6.92 Å². The van der Waals surface area contributed by atoms with Gasteiger partial charge < -0.3 is 9.47 Å². The molecule has 0 saturated heterocycles. The van der Waals surface area contributed by atoms with E-state index in [9.17, 15) is 0 Å². The van der Waals surface area contributed by atoms with Gasteiger partial charge in [-0.05, 0) is 6.92 Å². The molecule has 1 rings (SSSR count). The van der Waals surface area contributed by atoms with Gasteiger partial charge in [-0.3, -0.25) is 0 Å². The summed E-state index contributed by atoms with van der Waals surface area (Å²) >= 11 is 0. The molecule has 70 valence electrons. The lowest BCUT2D eigenvalue weighted by atomic mass is 10.5. The number of rotatable bonds is 1. The third-order valence-electron chi connectivity index (χ3n) is 1.60. The summed E-state index contributed by atoms with van der Waals surface area (Å²) in [6.45, 7) is 6.04. The minimum Gasteiger partial charge on any atom is -0.348 e. The molecule has 0 unspecified atom stereocenters. The molecule has 0 aliphatic heterocycles. The number of anilines is 1. The molecule has 1 heterocycles. The van der Waals surface area contributed by atoms with Crippen LogP contribution in [0.5, 0.6) is 0 Å². The van der Waals surface area contributed by atoms with Crippen LogP contribution in [0.25, 0.3) is 0 Å². The number of aryl methyl sites for hydroxylation is 1. The summed E-state index contributed by atoms with van der Waals surface area (Å²) in [5, 5.41) is 0. The Bertz CT molecular complexity index is 226. The summed E-state index contributed by atoms with van der Waals surface area (Å²) in [4.78, 5) is 6.20. The maximum Gasteiger partial charge on any atom is 0.204 e. The molecule has 3 heteroatoms. The molecule has 0 aliphatic rings. The molecular formula is C9H19N3. The fourth-order valence-corrected chi connectivity index (χ4v) is 0.898. The number of hydrogen-bond donors (Lipinski definition) is 0. The molecule has 1 aromatic heterocycles. The fraction of sp³-hybridized carbons (Fsp3) is 0.667. The van der Waals surface area contributed by atoms with Crippen molar-refractivity contribution in [3.63, 3.8) is 0 Å². The maximum absolute atomic E-state index is 4.20. The second-order valence-electron chi connectivity index (χ2n) is 2.65. The molecule has 3 nitrogen and oxygen atoms in total. The Hall–Kier alpha value is -0.990. The van der Waals surface area contributed by atoms with Gasteiger partial charge in [0.05, 0.1) is 6.20 Å². The SMILES string of the molecule is CC.Cc1cnc(N(C)C)n1C. The van der Waals surface area contributed by atoms with E-state index in [1.165, 1.54) is 5.69 Å². The molecule has 0 atom stereocenters. The number of hydrogen-bond acceptors (Lipinski definition) is 2. The Morgan fingerprint density at radius 1 is 1.33 bits per heavy atom. The first-order valence-corrected chi connectivity index (χ1v) is 4.28. The Kier molecular flexibility index (Phi) is 4.40. The van der Waals surface area contributed by atoms with Gasteiger partial charge in [0.15, 0.2) is 0 Å². The fourth-order valence-electron chi connectivity index (χ4n) is 0.898. The van der Waals surface area contributed by atoms with Crippen LogP contribution >= 0.6 is 0 Å². The van der Waals surface area contributed by atoms with Gasteiger partial charge in [0.1, 0.15) is 0 Å². The van der Waals surface area contributed by atoms with Crippen LogP contribution in [0.3, 0.4) is 0 Å². The molecule has 0 spiro atoms. The van der Waals surface area contributed by atoms with E-state index in [1.807, 2.05) is 53.0 Å². The molecule has 0 aliphatic carbocycles. The second-order valence-corrected chi connectivity index (χ2v) is 2.65. The summed E-state index contributed by atoms with van der Waals surface area (Å²) in [5.41, 5.74) is 1.18. The van der Waals surface area contributed by atoms with Gasteiger partial charge in [0, 0.05) is 26.8 Å². The van der Waals surface area contributed by atoms with E-state index in [4.69, 9.17) is 0 Å².